The van der Waals surface area contributed by atoms with Crippen molar-refractivity contribution in [1.29, 1.82) is 0 Å². The highest BCUT2D eigenvalue weighted by Gasteiger charge is 2.32. The highest BCUT2D eigenvalue weighted by atomic mass is 35.5. The van der Waals surface area contributed by atoms with Crippen molar-refractivity contribution in [2.24, 2.45) is 0 Å². The van der Waals surface area contributed by atoms with Crippen molar-refractivity contribution in [1.82, 2.24) is 0 Å². The van der Waals surface area contributed by atoms with E-state index in [1.165, 1.54) is 0 Å². The van der Waals surface area contributed by atoms with Gasteiger partial charge in [0.05, 0.1) is 5.60 Å². The second-order valence-electron chi connectivity index (χ2n) is 4.78. The van der Waals surface area contributed by atoms with Gasteiger partial charge in [-0.3, -0.25) is 0 Å². The summed E-state index contributed by atoms with van der Waals surface area (Å²) in [6.45, 7) is 5.66. The van der Waals surface area contributed by atoms with Gasteiger partial charge in [-0.1, -0.05) is 60.1 Å². The van der Waals surface area contributed by atoms with Crippen molar-refractivity contribution in [3.63, 3.8) is 0 Å². The SMILES string of the molecule is C=C[C@H](c1ccccc1)[C@](C)(O)c1ccc(Cl)cc1. The van der Waals surface area contributed by atoms with Gasteiger partial charge in [-0.25, -0.2) is 0 Å². The van der Waals surface area contributed by atoms with Crippen molar-refractivity contribution >= 4 is 11.6 Å². The lowest BCUT2D eigenvalue weighted by Crippen LogP contribution is -2.28. The predicted molar refractivity (Wildman–Crippen MR) is 80.4 cm³/mol. The van der Waals surface area contributed by atoms with Gasteiger partial charge in [0, 0.05) is 10.9 Å². The number of aliphatic hydroxyl groups is 1. The molecule has 0 bridgehead atoms. The zero-order valence-electron chi connectivity index (χ0n) is 10.9. The van der Waals surface area contributed by atoms with Crippen LogP contribution in [-0.4, -0.2) is 5.11 Å². The van der Waals surface area contributed by atoms with E-state index in [2.05, 4.69) is 6.58 Å². The van der Waals surface area contributed by atoms with E-state index in [9.17, 15) is 5.11 Å². The molecule has 1 nitrogen and oxygen atoms in total. The Morgan fingerprint density at radius 1 is 1.11 bits per heavy atom. The van der Waals surface area contributed by atoms with Gasteiger partial charge in [0.2, 0.25) is 0 Å². The molecule has 0 saturated heterocycles. The molecule has 0 saturated carbocycles. The number of hydrogen-bond acceptors (Lipinski definition) is 1. The standard InChI is InChI=1S/C17H17ClO/c1-3-16(13-7-5-4-6-8-13)17(2,19)14-9-11-15(18)12-10-14/h3-12,16,19H,1H2,2H3/t16-,17-/m1/s1. The summed E-state index contributed by atoms with van der Waals surface area (Å²) in [5, 5.41) is 11.5. The molecule has 0 unspecified atom stereocenters. The predicted octanol–water partition coefficient (Wildman–Crippen LogP) is 4.52. The third-order valence-corrected chi connectivity index (χ3v) is 3.68. The molecule has 19 heavy (non-hydrogen) atoms. The van der Waals surface area contributed by atoms with E-state index in [4.69, 9.17) is 11.6 Å². The Kier molecular flexibility index (Phi) is 4.08. The normalized spacial score (nSPS) is 15.5. The fourth-order valence-electron chi connectivity index (χ4n) is 2.32. The first kappa shape index (κ1) is 13.9. The van der Waals surface area contributed by atoms with E-state index < -0.39 is 5.60 Å². The molecular weight excluding hydrogens is 256 g/mol. The van der Waals surface area contributed by atoms with Crippen LogP contribution in [0.3, 0.4) is 0 Å². The van der Waals surface area contributed by atoms with Crippen molar-refractivity contribution in [3.8, 4) is 0 Å². The molecule has 1 N–H and O–H groups in total. The van der Waals surface area contributed by atoms with Gasteiger partial charge in [0.25, 0.3) is 0 Å². The van der Waals surface area contributed by atoms with Crippen LogP contribution >= 0.6 is 11.6 Å². The molecule has 2 aromatic rings. The van der Waals surface area contributed by atoms with Crippen molar-refractivity contribution in [3.05, 3.63) is 83.4 Å². The fourth-order valence-corrected chi connectivity index (χ4v) is 2.44. The van der Waals surface area contributed by atoms with Crippen LogP contribution in [0.1, 0.15) is 24.0 Å². The Morgan fingerprint density at radius 3 is 2.21 bits per heavy atom. The lowest BCUT2D eigenvalue weighted by Gasteiger charge is -2.32. The third-order valence-electron chi connectivity index (χ3n) is 3.43. The topological polar surface area (TPSA) is 20.2 Å². The zero-order valence-corrected chi connectivity index (χ0v) is 11.6. The quantitative estimate of drug-likeness (QED) is 0.812. The second kappa shape index (κ2) is 5.60. The molecule has 0 aromatic heterocycles. The van der Waals surface area contributed by atoms with Gasteiger partial charge < -0.3 is 5.11 Å². The maximum absolute atomic E-state index is 10.9. The lowest BCUT2D eigenvalue weighted by atomic mass is 9.79. The van der Waals surface area contributed by atoms with Crippen LogP contribution in [0.2, 0.25) is 5.02 Å². The smallest absolute Gasteiger partial charge is 0.0971 e. The minimum absolute atomic E-state index is 0.171. The first-order valence-electron chi connectivity index (χ1n) is 6.21. The molecule has 0 fully saturated rings. The summed E-state index contributed by atoms with van der Waals surface area (Å²) in [5.41, 5.74) is 0.844. The minimum atomic E-state index is -1.02. The Morgan fingerprint density at radius 2 is 1.68 bits per heavy atom. The van der Waals surface area contributed by atoms with Crippen LogP contribution in [0.15, 0.2) is 67.3 Å². The summed E-state index contributed by atoms with van der Waals surface area (Å²) in [6, 6.07) is 17.2. The van der Waals surface area contributed by atoms with E-state index in [1.807, 2.05) is 42.5 Å². The average molecular weight is 273 g/mol. The first-order valence-corrected chi connectivity index (χ1v) is 6.59. The Labute approximate surface area is 119 Å². The fraction of sp³-hybridized carbons (Fsp3) is 0.176. The maximum Gasteiger partial charge on any atom is 0.0971 e. The molecule has 2 heteroatoms. The number of rotatable bonds is 4. The molecule has 0 aliphatic carbocycles. The van der Waals surface area contributed by atoms with E-state index >= 15 is 0 Å². The third kappa shape index (κ3) is 2.89. The molecule has 2 rings (SSSR count). The first-order chi connectivity index (χ1) is 9.05. The van der Waals surface area contributed by atoms with Crippen LogP contribution in [0.5, 0.6) is 0 Å². The maximum atomic E-state index is 10.9. The van der Waals surface area contributed by atoms with Crippen LogP contribution in [-0.2, 0) is 5.60 Å². The van der Waals surface area contributed by atoms with Crippen LogP contribution < -0.4 is 0 Å². The van der Waals surface area contributed by atoms with Gasteiger partial charge in [-0.15, -0.1) is 6.58 Å². The Bertz CT molecular complexity index is 543. The highest BCUT2D eigenvalue weighted by Crippen LogP contribution is 2.37. The van der Waals surface area contributed by atoms with E-state index in [-0.39, 0.29) is 5.92 Å². The summed E-state index contributed by atoms with van der Waals surface area (Å²) in [4.78, 5) is 0. The van der Waals surface area contributed by atoms with Crippen molar-refractivity contribution in [2.75, 3.05) is 0 Å². The second-order valence-corrected chi connectivity index (χ2v) is 5.21. The molecule has 0 spiro atoms. The molecule has 0 radical (unpaired) electrons. The molecule has 0 aliphatic rings. The molecular formula is C17H17ClO. The summed E-state index contributed by atoms with van der Waals surface area (Å²) in [6.07, 6.45) is 1.78. The van der Waals surface area contributed by atoms with Crippen LogP contribution in [0.4, 0.5) is 0 Å². The average Bonchev–Trinajstić information content (AvgIpc) is 2.41. The summed E-state index contributed by atoms with van der Waals surface area (Å²) in [5.74, 6) is -0.171. The van der Waals surface area contributed by atoms with Gasteiger partial charge >= 0.3 is 0 Å². The summed E-state index contributed by atoms with van der Waals surface area (Å²) in [7, 11) is 0. The monoisotopic (exact) mass is 272 g/mol. The highest BCUT2D eigenvalue weighted by molar-refractivity contribution is 6.30. The van der Waals surface area contributed by atoms with E-state index in [0.29, 0.717) is 5.02 Å². The van der Waals surface area contributed by atoms with Gasteiger partial charge in [-0.2, -0.15) is 0 Å². The van der Waals surface area contributed by atoms with Crippen molar-refractivity contribution in [2.45, 2.75) is 18.4 Å². The molecule has 0 aliphatic heterocycles. The van der Waals surface area contributed by atoms with E-state index in [1.54, 1.807) is 25.1 Å². The van der Waals surface area contributed by atoms with Gasteiger partial charge in [-0.05, 0) is 30.2 Å². The van der Waals surface area contributed by atoms with Gasteiger partial charge in [0.1, 0.15) is 0 Å². The summed E-state index contributed by atoms with van der Waals surface area (Å²) >= 11 is 5.89. The molecule has 0 heterocycles. The Hall–Kier alpha value is -1.57. The molecule has 0 amide bonds. The van der Waals surface area contributed by atoms with Crippen LogP contribution in [0, 0.1) is 0 Å². The molecule has 2 aromatic carbocycles. The van der Waals surface area contributed by atoms with E-state index in [0.717, 1.165) is 11.1 Å². The van der Waals surface area contributed by atoms with Gasteiger partial charge in [0.15, 0.2) is 0 Å². The van der Waals surface area contributed by atoms with Crippen LogP contribution in [0.25, 0.3) is 0 Å². The molecule has 98 valence electrons. The number of halogens is 1. The zero-order chi connectivity index (χ0) is 13.9. The minimum Gasteiger partial charge on any atom is -0.384 e. The number of hydrogen-bond donors (Lipinski definition) is 1. The summed E-state index contributed by atoms with van der Waals surface area (Å²) < 4.78 is 0. The lowest BCUT2D eigenvalue weighted by molar-refractivity contribution is 0.0417. The number of benzene rings is 2. The molecule has 2 atom stereocenters. The largest absolute Gasteiger partial charge is 0.384 e. The Balaban J connectivity index is 2.41. The van der Waals surface area contributed by atoms with Crippen molar-refractivity contribution < 1.29 is 5.11 Å².